The first kappa shape index (κ1) is 8.54. The summed E-state index contributed by atoms with van der Waals surface area (Å²) in [6.45, 7) is 3.98. The highest BCUT2D eigenvalue weighted by atomic mass is 79.9. The number of alkyl halides is 1. The van der Waals surface area contributed by atoms with E-state index in [1.807, 2.05) is 18.2 Å². The van der Waals surface area contributed by atoms with Crippen molar-refractivity contribution in [3.05, 3.63) is 42.5 Å². The molecular formula is C10H11Br. The van der Waals surface area contributed by atoms with Crippen molar-refractivity contribution in [3.63, 3.8) is 0 Å². The van der Waals surface area contributed by atoms with Gasteiger partial charge in [-0.05, 0) is 17.6 Å². The third-order valence-electron chi connectivity index (χ3n) is 1.58. The van der Waals surface area contributed by atoms with Crippen molar-refractivity contribution < 1.29 is 0 Å². The Morgan fingerprint density at radius 3 is 2.45 bits per heavy atom. The highest BCUT2D eigenvalue weighted by Crippen LogP contribution is 2.15. The minimum Gasteiger partial charge on any atom is -0.0952 e. The van der Waals surface area contributed by atoms with Crippen molar-refractivity contribution in [2.45, 2.75) is 6.42 Å². The quantitative estimate of drug-likeness (QED) is 0.671. The SMILES string of the molecule is C=C(CCBr)c1ccccc1. The Bertz CT molecular complexity index is 226. The lowest BCUT2D eigenvalue weighted by atomic mass is 10.1. The van der Waals surface area contributed by atoms with Crippen LogP contribution in [0.15, 0.2) is 36.9 Å². The van der Waals surface area contributed by atoms with Gasteiger partial charge in [-0.2, -0.15) is 0 Å². The smallest absolute Gasteiger partial charge is 0.00718 e. The molecule has 0 aliphatic carbocycles. The van der Waals surface area contributed by atoms with Gasteiger partial charge in [0, 0.05) is 5.33 Å². The van der Waals surface area contributed by atoms with Gasteiger partial charge in [0.05, 0.1) is 0 Å². The van der Waals surface area contributed by atoms with Crippen LogP contribution in [0.5, 0.6) is 0 Å². The average Bonchev–Trinajstić information content (AvgIpc) is 2.07. The third kappa shape index (κ3) is 2.51. The van der Waals surface area contributed by atoms with Gasteiger partial charge in [0.1, 0.15) is 0 Å². The van der Waals surface area contributed by atoms with Gasteiger partial charge in [-0.3, -0.25) is 0 Å². The van der Waals surface area contributed by atoms with E-state index in [0.717, 1.165) is 11.8 Å². The molecule has 0 spiro atoms. The average molecular weight is 211 g/mol. The molecule has 0 aliphatic heterocycles. The first-order chi connectivity index (χ1) is 5.34. The Morgan fingerprint density at radius 2 is 1.91 bits per heavy atom. The summed E-state index contributed by atoms with van der Waals surface area (Å²) in [5.74, 6) is 0. The molecule has 0 nitrogen and oxygen atoms in total. The topological polar surface area (TPSA) is 0 Å². The van der Waals surface area contributed by atoms with E-state index in [0.29, 0.717) is 0 Å². The first-order valence-corrected chi connectivity index (χ1v) is 4.76. The molecule has 0 amide bonds. The van der Waals surface area contributed by atoms with Crippen LogP contribution in [0.1, 0.15) is 12.0 Å². The predicted octanol–water partition coefficient (Wildman–Crippen LogP) is 3.48. The van der Waals surface area contributed by atoms with Gasteiger partial charge in [0.25, 0.3) is 0 Å². The number of allylic oxidation sites excluding steroid dienone is 1. The maximum atomic E-state index is 3.98. The molecule has 0 aliphatic rings. The van der Waals surface area contributed by atoms with Gasteiger partial charge in [-0.15, -0.1) is 0 Å². The lowest BCUT2D eigenvalue weighted by molar-refractivity contribution is 1.28. The Morgan fingerprint density at radius 1 is 1.27 bits per heavy atom. The van der Waals surface area contributed by atoms with Gasteiger partial charge in [-0.25, -0.2) is 0 Å². The Hall–Kier alpha value is -0.560. The van der Waals surface area contributed by atoms with Crippen LogP contribution in [0.3, 0.4) is 0 Å². The van der Waals surface area contributed by atoms with Crippen molar-refractivity contribution >= 4 is 21.5 Å². The normalized spacial score (nSPS) is 9.55. The van der Waals surface area contributed by atoms with Crippen LogP contribution in [0.4, 0.5) is 0 Å². The fraction of sp³-hybridized carbons (Fsp3) is 0.200. The number of hydrogen-bond donors (Lipinski definition) is 0. The molecule has 1 aromatic rings. The van der Waals surface area contributed by atoms with E-state index >= 15 is 0 Å². The van der Waals surface area contributed by atoms with E-state index < -0.39 is 0 Å². The van der Waals surface area contributed by atoms with Crippen LogP contribution in [-0.4, -0.2) is 5.33 Å². The fourth-order valence-corrected chi connectivity index (χ4v) is 1.41. The molecule has 1 heteroatoms. The second-order valence-corrected chi connectivity index (χ2v) is 3.20. The number of rotatable bonds is 3. The predicted molar refractivity (Wildman–Crippen MR) is 53.9 cm³/mol. The second-order valence-electron chi connectivity index (χ2n) is 2.41. The lowest BCUT2D eigenvalue weighted by Crippen LogP contribution is -1.82. The minimum atomic E-state index is 0.987. The van der Waals surface area contributed by atoms with Gasteiger partial charge >= 0.3 is 0 Å². The van der Waals surface area contributed by atoms with E-state index in [2.05, 4.69) is 34.6 Å². The molecule has 0 atom stereocenters. The molecule has 0 fully saturated rings. The van der Waals surface area contributed by atoms with E-state index in [4.69, 9.17) is 0 Å². The van der Waals surface area contributed by atoms with E-state index in [1.165, 1.54) is 11.1 Å². The molecule has 0 heterocycles. The Balaban J connectivity index is 2.69. The summed E-state index contributed by atoms with van der Waals surface area (Å²) >= 11 is 3.39. The molecule has 0 saturated heterocycles. The van der Waals surface area contributed by atoms with Crippen LogP contribution in [-0.2, 0) is 0 Å². The summed E-state index contributed by atoms with van der Waals surface area (Å²) in [5, 5.41) is 0.987. The molecule has 0 saturated carbocycles. The number of hydrogen-bond acceptors (Lipinski definition) is 0. The highest BCUT2D eigenvalue weighted by Gasteiger charge is 1.94. The van der Waals surface area contributed by atoms with Gasteiger partial charge in [0.15, 0.2) is 0 Å². The molecule has 0 N–H and O–H groups in total. The minimum absolute atomic E-state index is 0.987. The summed E-state index contributed by atoms with van der Waals surface area (Å²) in [6, 6.07) is 10.3. The van der Waals surface area contributed by atoms with E-state index in [-0.39, 0.29) is 0 Å². The highest BCUT2D eigenvalue weighted by molar-refractivity contribution is 9.09. The van der Waals surface area contributed by atoms with Crippen molar-refractivity contribution in [1.29, 1.82) is 0 Å². The van der Waals surface area contributed by atoms with E-state index in [9.17, 15) is 0 Å². The fourth-order valence-electron chi connectivity index (χ4n) is 0.932. The zero-order chi connectivity index (χ0) is 8.10. The second kappa shape index (κ2) is 4.35. The molecule has 0 radical (unpaired) electrons. The standard InChI is InChI=1S/C10H11Br/c1-9(7-8-11)10-5-3-2-4-6-10/h2-6H,1,7-8H2. The first-order valence-electron chi connectivity index (χ1n) is 3.64. The number of halogens is 1. The summed E-state index contributed by atoms with van der Waals surface area (Å²) in [6.07, 6.45) is 1.02. The molecule has 0 bridgehead atoms. The maximum absolute atomic E-state index is 3.98. The van der Waals surface area contributed by atoms with Crippen LogP contribution in [0.25, 0.3) is 5.57 Å². The van der Waals surface area contributed by atoms with Gasteiger partial charge in [-0.1, -0.05) is 52.8 Å². The van der Waals surface area contributed by atoms with Crippen LogP contribution < -0.4 is 0 Å². The zero-order valence-corrected chi connectivity index (χ0v) is 7.97. The summed E-state index contributed by atoms with van der Waals surface area (Å²) in [7, 11) is 0. The van der Waals surface area contributed by atoms with Crippen molar-refractivity contribution in [2.75, 3.05) is 5.33 Å². The van der Waals surface area contributed by atoms with Crippen LogP contribution in [0, 0.1) is 0 Å². The summed E-state index contributed by atoms with van der Waals surface area (Å²) in [4.78, 5) is 0. The Labute approximate surface area is 76.1 Å². The van der Waals surface area contributed by atoms with E-state index in [1.54, 1.807) is 0 Å². The molecule has 1 aromatic carbocycles. The molecule has 0 unspecified atom stereocenters. The van der Waals surface area contributed by atoms with Crippen molar-refractivity contribution in [3.8, 4) is 0 Å². The van der Waals surface area contributed by atoms with Crippen LogP contribution in [0.2, 0.25) is 0 Å². The van der Waals surface area contributed by atoms with Crippen LogP contribution >= 0.6 is 15.9 Å². The van der Waals surface area contributed by atoms with Crippen molar-refractivity contribution in [1.82, 2.24) is 0 Å². The third-order valence-corrected chi connectivity index (χ3v) is 1.97. The van der Waals surface area contributed by atoms with Crippen molar-refractivity contribution in [2.24, 2.45) is 0 Å². The molecule has 11 heavy (non-hydrogen) atoms. The summed E-state index contributed by atoms with van der Waals surface area (Å²) in [5.41, 5.74) is 2.44. The summed E-state index contributed by atoms with van der Waals surface area (Å²) < 4.78 is 0. The Kier molecular flexibility index (Phi) is 3.37. The molecular weight excluding hydrogens is 200 g/mol. The number of benzene rings is 1. The van der Waals surface area contributed by atoms with Gasteiger partial charge in [0.2, 0.25) is 0 Å². The molecule has 0 aromatic heterocycles. The van der Waals surface area contributed by atoms with Gasteiger partial charge < -0.3 is 0 Å². The maximum Gasteiger partial charge on any atom is 0.00718 e. The monoisotopic (exact) mass is 210 g/mol. The molecule has 1 rings (SSSR count). The molecule has 58 valence electrons. The lowest BCUT2D eigenvalue weighted by Gasteiger charge is -2.01. The largest absolute Gasteiger partial charge is 0.0952 e. The zero-order valence-electron chi connectivity index (χ0n) is 6.39.